The van der Waals surface area contributed by atoms with Crippen LogP contribution in [0.25, 0.3) is 10.9 Å². The molecule has 0 fully saturated rings. The Hall–Kier alpha value is -1.38. The van der Waals surface area contributed by atoms with E-state index in [1.165, 1.54) is 18.6 Å². The van der Waals surface area contributed by atoms with Crippen LogP contribution in [0.2, 0.25) is 0 Å². The van der Waals surface area contributed by atoms with Gasteiger partial charge in [0.05, 0.1) is 12.2 Å². The lowest BCUT2D eigenvalue weighted by Crippen LogP contribution is -1.98. The average Bonchev–Trinajstić information content (AvgIpc) is 2.57. The van der Waals surface area contributed by atoms with Gasteiger partial charge in [0.2, 0.25) is 0 Å². The fourth-order valence-electron chi connectivity index (χ4n) is 1.92. The van der Waals surface area contributed by atoms with Gasteiger partial charge in [-0.15, -0.1) is 0 Å². The number of hydrogen-bond donors (Lipinski definition) is 0. The number of benzene rings is 1. The molecule has 1 aromatic carbocycles. The third-order valence-corrected chi connectivity index (χ3v) is 2.68. The fraction of sp³-hybridized carbons (Fsp3) is 0.308. The molecule has 0 saturated heterocycles. The van der Waals surface area contributed by atoms with E-state index in [1.807, 2.05) is 24.6 Å². The highest BCUT2D eigenvalue weighted by Gasteiger charge is 2.11. The Labute approximate surface area is 93.7 Å². The maximum absolute atomic E-state index is 13.2. The number of nitrogens with zero attached hydrogens (tertiary/aromatic N) is 1. The highest BCUT2D eigenvalue weighted by molar-refractivity contribution is 5.85. The van der Waals surface area contributed by atoms with Gasteiger partial charge in [-0.1, -0.05) is 0 Å². The van der Waals surface area contributed by atoms with E-state index in [4.69, 9.17) is 0 Å². The summed E-state index contributed by atoms with van der Waals surface area (Å²) in [6.07, 6.45) is 3.38. The summed E-state index contributed by atoms with van der Waals surface area (Å²) in [5.74, 6) is -0.265. The summed E-state index contributed by atoms with van der Waals surface area (Å²) in [6, 6.07) is 4.82. The van der Waals surface area contributed by atoms with Crippen LogP contribution in [0.4, 0.5) is 8.78 Å². The first-order valence-electron chi connectivity index (χ1n) is 5.32. The summed E-state index contributed by atoms with van der Waals surface area (Å²) in [4.78, 5) is 0. The molecule has 0 aliphatic rings. The van der Waals surface area contributed by atoms with Crippen molar-refractivity contribution in [3.05, 3.63) is 42.2 Å². The number of fused-ring (bicyclic) bond motifs is 1. The molecule has 0 amide bonds. The van der Waals surface area contributed by atoms with Gasteiger partial charge < -0.3 is 4.57 Å². The summed E-state index contributed by atoms with van der Waals surface area (Å²) >= 11 is 0. The van der Waals surface area contributed by atoms with Gasteiger partial charge in [0.25, 0.3) is 0 Å². The van der Waals surface area contributed by atoms with Gasteiger partial charge in [0, 0.05) is 24.0 Å². The Balaban J connectivity index is 2.66. The summed E-state index contributed by atoms with van der Waals surface area (Å²) < 4.78 is 27.5. The molecular formula is C13H14F2N. The lowest BCUT2D eigenvalue weighted by Gasteiger charge is -2.08. The Morgan fingerprint density at radius 1 is 1.38 bits per heavy atom. The van der Waals surface area contributed by atoms with Crippen molar-refractivity contribution in [3.63, 3.8) is 0 Å². The van der Waals surface area contributed by atoms with Crippen LogP contribution in [0.1, 0.15) is 25.5 Å². The smallest absolute Gasteiger partial charge is 0.125 e. The second-order valence-corrected chi connectivity index (χ2v) is 4.11. The van der Waals surface area contributed by atoms with Crippen molar-refractivity contribution in [2.75, 3.05) is 6.67 Å². The molecule has 0 N–H and O–H groups in total. The van der Waals surface area contributed by atoms with Crippen molar-refractivity contribution in [2.24, 2.45) is 0 Å². The summed E-state index contributed by atoms with van der Waals surface area (Å²) in [6.45, 7) is 3.53. The second-order valence-electron chi connectivity index (χ2n) is 4.11. The number of aromatic nitrogens is 1. The van der Waals surface area contributed by atoms with Gasteiger partial charge in [0.1, 0.15) is 5.82 Å². The van der Waals surface area contributed by atoms with Gasteiger partial charge >= 0.3 is 0 Å². The first-order valence-corrected chi connectivity index (χ1v) is 5.32. The quantitative estimate of drug-likeness (QED) is 0.742. The van der Waals surface area contributed by atoms with Gasteiger partial charge in [-0.2, -0.15) is 0 Å². The Bertz CT molecular complexity index is 500. The summed E-state index contributed by atoms with van der Waals surface area (Å²) in [5, 5.41) is 0.896. The zero-order valence-electron chi connectivity index (χ0n) is 9.37. The molecule has 0 bridgehead atoms. The minimum Gasteiger partial charge on any atom is -0.345 e. The molecular weight excluding hydrogens is 208 g/mol. The van der Waals surface area contributed by atoms with Crippen LogP contribution in [0.15, 0.2) is 24.4 Å². The van der Waals surface area contributed by atoms with E-state index < -0.39 is 6.67 Å². The van der Waals surface area contributed by atoms with Crippen LogP contribution >= 0.6 is 0 Å². The van der Waals surface area contributed by atoms with Crippen molar-refractivity contribution in [3.8, 4) is 0 Å². The van der Waals surface area contributed by atoms with Crippen molar-refractivity contribution in [1.82, 2.24) is 4.57 Å². The van der Waals surface area contributed by atoms with E-state index >= 15 is 0 Å². The third kappa shape index (κ3) is 1.82. The zero-order valence-corrected chi connectivity index (χ0v) is 9.37. The minimum absolute atomic E-state index is 0.228. The van der Waals surface area contributed by atoms with Crippen LogP contribution in [-0.2, 0) is 0 Å². The first kappa shape index (κ1) is 11.1. The average molecular weight is 222 g/mol. The predicted molar refractivity (Wildman–Crippen MR) is 61.7 cm³/mol. The van der Waals surface area contributed by atoms with Gasteiger partial charge in [0.15, 0.2) is 0 Å². The Morgan fingerprint density at radius 3 is 2.75 bits per heavy atom. The summed E-state index contributed by atoms with van der Waals surface area (Å²) in [5.41, 5.74) is 1.64. The van der Waals surface area contributed by atoms with E-state index in [1.54, 1.807) is 6.07 Å². The molecule has 0 aliphatic heterocycles. The van der Waals surface area contributed by atoms with Crippen molar-refractivity contribution in [2.45, 2.75) is 19.9 Å². The fourth-order valence-corrected chi connectivity index (χ4v) is 1.92. The van der Waals surface area contributed by atoms with Crippen molar-refractivity contribution >= 4 is 10.9 Å². The number of rotatable bonds is 3. The molecule has 2 aromatic rings. The molecule has 0 aliphatic carbocycles. The topological polar surface area (TPSA) is 4.93 Å². The van der Waals surface area contributed by atoms with Crippen LogP contribution < -0.4 is 0 Å². The standard InChI is InChI=1S/C13H14F2N/c1-9(2)16-8-10(5-6-14)12-4-3-11(15)7-13(12)16/h3-5,7-9H,6H2,1-2H3. The zero-order chi connectivity index (χ0) is 11.7. The number of alkyl halides is 1. The summed E-state index contributed by atoms with van der Waals surface area (Å²) in [7, 11) is 0. The predicted octanol–water partition coefficient (Wildman–Crippen LogP) is 3.88. The van der Waals surface area contributed by atoms with E-state index in [9.17, 15) is 8.78 Å². The lowest BCUT2D eigenvalue weighted by molar-refractivity contribution is 0.544. The molecule has 1 heterocycles. The van der Waals surface area contributed by atoms with E-state index in [-0.39, 0.29) is 11.9 Å². The molecule has 0 atom stereocenters. The van der Waals surface area contributed by atoms with Crippen LogP contribution in [-0.4, -0.2) is 11.2 Å². The molecule has 2 rings (SSSR count). The van der Waals surface area contributed by atoms with E-state index in [2.05, 4.69) is 0 Å². The molecule has 85 valence electrons. The number of hydrogen-bond acceptors (Lipinski definition) is 0. The minimum atomic E-state index is -0.505. The molecule has 1 radical (unpaired) electrons. The third-order valence-electron chi connectivity index (χ3n) is 2.68. The monoisotopic (exact) mass is 222 g/mol. The van der Waals surface area contributed by atoms with Crippen molar-refractivity contribution in [1.29, 1.82) is 0 Å². The first-order chi connectivity index (χ1) is 7.63. The van der Waals surface area contributed by atoms with Gasteiger partial charge in [-0.25, -0.2) is 4.39 Å². The Morgan fingerprint density at radius 2 is 2.12 bits per heavy atom. The molecule has 0 saturated carbocycles. The highest BCUT2D eigenvalue weighted by atomic mass is 19.1. The largest absolute Gasteiger partial charge is 0.345 e. The van der Waals surface area contributed by atoms with Crippen LogP contribution in [0.3, 0.4) is 0 Å². The van der Waals surface area contributed by atoms with E-state index in [0.29, 0.717) is 0 Å². The lowest BCUT2D eigenvalue weighted by atomic mass is 10.1. The van der Waals surface area contributed by atoms with Gasteiger partial charge in [-0.3, -0.25) is 4.39 Å². The molecule has 1 aromatic heterocycles. The molecule has 1 nitrogen and oxygen atoms in total. The molecule has 16 heavy (non-hydrogen) atoms. The van der Waals surface area contributed by atoms with Crippen LogP contribution in [0, 0.1) is 12.2 Å². The molecule has 0 spiro atoms. The molecule has 0 unspecified atom stereocenters. The maximum atomic E-state index is 13.2. The van der Waals surface area contributed by atoms with Crippen LogP contribution in [0.5, 0.6) is 0 Å². The molecule has 3 heteroatoms. The number of halogens is 2. The van der Waals surface area contributed by atoms with E-state index in [0.717, 1.165) is 16.5 Å². The maximum Gasteiger partial charge on any atom is 0.125 e. The SMILES string of the molecule is CC(C)n1cc([CH]CF)c2ccc(F)cc21. The van der Waals surface area contributed by atoms with Gasteiger partial charge in [-0.05, 0) is 37.6 Å². The Kier molecular flexibility index (Phi) is 2.95. The second kappa shape index (κ2) is 4.24. The van der Waals surface area contributed by atoms with Crippen molar-refractivity contribution < 1.29 is 8.78 Å². The highest BCUT2D eigenvalue weighted by Crippen LogP contribution is 2.26. The normalized spacial score (nSPS) is 11.6.